The molecule has 0 aromatic rings. The van der Waals surface area contributed by atoms with E-state index in [-0.39, 0.29) is 25.7 Å². The van der Waals surface area contributed by atoms with E-state index in [0.29, 0.717) is 32.1 Å². The van der Waals surface area contributed by atoms with E-state index in [2.05, 4.69) is 113 Å². The molecule has 578 valence electrons. The third-order valence-electron chi connectivity index (χ3n) is 16.5. The number of phosphoric ester groups is 2. The number of aliphatic hydroxyl groups excluding tert-OH is 1. The second kappa shape index (κ2) is 73.3. The normalized spacial score (nSPS) is 14.4. The molecule has 0 saturated heterocycles. The van der Waals surface area contributed by atoms with Gasteiger partial charge in [-0.2, -0.15) is 0 Å². The van der Waals surface area contributed by atoms with Crippen LogP contribution in [0.2, 0.25) is 0 Å². The first-order valence-corrected chi connectivity index (χ1v) is 42.5. The standard InChI is InChI=1S/C81H142O17P2/c1-5-9-13-17-21-25-29-33-36-37-40-43-46-50-54-58-62-66-79(84)92-72-77(98-81(86)68-64-60-56-52-48-44-39-35-31-27-23-19-15-11-7-3)74-96-100(89,90)94-70-75(82)69-93-99(87,88)95-73-76(97-80(85)67-63-59-55-51-47-41-32-28-24-20-16-12-8-4)71-91-78(83)65-61-57-53-49-45-42-38-34-30-26-22-18-14-10-6-2/h9,13,21-22,25-26,33-36,38-40,43,50,54,75-77,82H,5-8,10-12,14-20,23-24,27-32,37,41-42,44-49,51-53,55-74H2,1-4H3,(H,87,88)(H,89,90)/b13-9-,25-21-,26-22-,36-33-,38-34-,39-35-,43-40-,54-50-. The van der Waals surface area contributed by atoms with Gasteiger partial charge in [0.2, 0.25) is 0 Å². The maximum Gasteiger partial charge on any atom is 0.472 e. The fourth-order valence-electron chi connectivity index (χ4n) is 10.5. The summed E-state index contributed by atoms with van der Waals surface area (Å²) in [4.78, 5) is 72.9. The van der Waals surface area contributed by atoms with Crippen LogP contribution in [-0.2, 0) is 65.4 Å². The van der Waals surface area contributed by atoms with E-state index in [4.69, 9.17) is 37.0 Å². The highest BCUT2D eigenvalue weighted by molar-refractivity contribution is 7.47. The summed E-state index contributed by atoms with van der Waals surface area (Å²) in [6.45, 7) is 4.68. The van der Waals surface area contributed by atoms with Crippen LogP contribution in [0, 0.1) is 0 Å². The zero-order valence-corrected chi connectivity index (χ0v) is 64.9. The summed E-state index contributed by atoms with van der Waals surface area (Å²) in [7, 11) is -9.97. The predicted octanol–water partition coefficient (Wildman–Crippen LogP) is 22.8. The van der Waals surface area contributed by atoms with Gasteiger partial charge in [-0.3, -0.25) is 37.3 Å². The summed E-state index contributed by atoms with van der Waals surface area (Å²) in [6, 6.07) is 0. The van der Waals surface area contributed by atoms with Crippen LogP contribution in [0.1, 0.15) is 336 Å². The molecule has 0 aliphatic rings. The van der Waals surface area contributed by atoms with Crippen molar-refractivity contribution in [2.24, 2.45) is 0 Å². The maximum atomic E-state index is 13.1. The Morgan fingerprint density at radius 2 is 0.530 bits per heavy atom. The molecule has 0 rings (SSSR count). The lowest BCUT2D eigenvalue weighted by atomic mass is 10.0. The minimum Gasteiger partial charge on any atom is -0.462 e. The van der Waals surface area contributed by atoms with Crippen LogP contribution in [0.3, 0.4) is 0 Å². The summed E-state index contributed by atoms with van der Waals surface area (Å²) >= 11 is 0. The average molecular weight is 1450 g/mol. The number of rotatable bonds is 74. The number of carbonyl (C=O) groups excluding carboxylic acids is 4. The van der Waals surface area contributed by atoms with Gasteiger partial charge in [-0.15, -0.1) is 0 Å². The Hall–Kier alpha value is -4.02. The Labute approximate surface area is 607 Å². The van der Waals surface area contributed by atoms with Gasteiger partial charge >= 0.3 is 39.5 Å². The number of phosphoric acid groups is 2. The lowest BCUT2D eigenvalue weighted by molar-refractivity contribution is -0.161. The molecule has 0 aliphatic carbocycles. The minimum absolute atomic E-state index is 0.0732. The van der Waals surface area contributed by atoms with E-state index in [1.165, 1.54) is 109 Å². The largest absolute Gasteiger partial charge is 0.472 e. The van der Waals surface area contributed by atoms with E-state index in [9.17, 15) is 43.2 Å². The van der Waals surface area contributed by atoms with Crippen LogP contribution in [0.15, 0.2) is 97.2 Å². The molecule has 0 aliphatic heterocycles. The van der Waals surface area contributed by atoms with Crippen molar-refractivity contribution in [1.82, 2.24) is 0 Å². The smallest absolute Gasteiger partial charge is 0.462 e. The quantitative estimate of drug-likeness (QED) is 0.0169. The molecule has 0 saturated carbocycles. The Balaban J connectivity index is 5.40. The number of unbranched alkanes of at least 4 members (excludes halogenated alkanes) is 32. The van der Waals surface area contributed by atoms with Gasteiger partial charge in [0.1, 0.15) is 19.3 Å². The molecule has 3 N–H and O–H groups in total. The van der Waals surface area contributed by atoms with Crippen LogP contribution in [0.4, 0.5) is 0 Å². The molecule has 5 atom stereocenters. The topological polar surface area (TPSA) is 237 Å². The van der Waals surface area contributed by atoms with Crippen molar-refractivity contribution in [3.05, 3.63) is 97.2 Å². The fourth-order valence-corrected chi connectivity index (χ4v) is 12.1. The molecule has 0 bridgehead atoms. The number of hydrogen-bond acceptors (Lipinski definition) is 15. The zero-order valence-electron chi connectivity index (χ0n) is 63.1. The highest BCUT2D eigenvalue weighted by atomic mass is 31.2. The monoisotopic (exact) mass is 1450 g/mol. The van der Waals surface area contributed by atoms with Crippen molar-refractivity contribution in [2.45, 2.75) is 354 Å². The van der Waals surface area contributed by atoms with Gasteiger partial charge in [0.05, 0.1) is 26.4 Å². The van der Waals surface area contributed by atoms with Crippen LogP contribution in [-0.4, -0.2) is 96.7 Å². The summed E-state index contributed by atoms with van der Waals surface area (Å²) < 4.78 is 68.5. The van der Waals surface area contributed by atoms with Crippen molar-refractivity contribution < 1.29 is 80.2 Å². The molecule has 0 aromatic heterocycles. The van der Waals surface area contributed by atoms with Crippen LogP contribution in [0.25, 0.3) is 0 Å². The molecular weight excluding hydrogens is 1310 g/mol. The SMILES string of the molecule is CC/C=C\C/C=C\C/C=C\C/C=C\C/C=C\CCCC(=O)OCC(COP(=O)(O)OCC(O)COP(=O)(O)OCC(COC(=O)CCCCCCC/C=C\C/C=C\CCCCC)OC(=O)CCCCCCCCCCCCCCC)OC(=O)CCCCCCC/C=C\CCCCCCCC. The Morgan fingerprint density at radius 1 is 0.290 bits per heavy atom. The van der Waals surface area contributed by atoms with Crippen LogP contribution < -0.4 is 0 Å². The van der Waals surface area contributed by atoms with Gasteiger partial charge in [-0.25, -0.2) is 9.13 Å². The van der Waals surface area contributed by atoms with Gasteiger partial charge in [-0.05, 0) is 122 Å². The highest BCUT2D eigenvalue weighted by Gasteiger charge is 2.30. The first kappa shape index (κ1) is 96.0. The molecule has 0 radical (unpaired) electrons. The lowest BCUT2D eigenvalue weighted by Crippen LogP contribution is -2.30. The van der Waals surface area contributed by atoms with Gasteiger partial charge in [0, 0.05) is 25.7 Å². The third kappa shape index (κ3) is 72.3. The third-order valence-corrected chi connectivity index (χ3v) is 18.4. The molecule has 100 heavy (non-hydrogen) atoms. The van der Waals surface area contributed by atoms with E-state index in [1.807, 2.05) is 12.2 Å². The molecule has 5 unspecified atom stereocenters. The number of ether oxygens (including phenoxy) is 4. The molecule has 0 aromatic carbocycles. The number of allylic oxidation sites excluding steroid dienone is 16. The summed E-state index contributed by atoms with van der Waals surface area (Å²) in [5.74, 6) is -2.25. The first-order valence-electron chi connectivity index (χ1n) is 39.5. The molecule has 0 spiro atoms. The highest BCUT2D eigenvalue weighted by Crippen LogP contribution is 2.45. The first-order chi connectivity index (χ1) is 48.7. The van der Waals surface area contributed by atoms with Gasteiger partial charge in [-0.1, -0.05) is 285 Å². The average Bonchev–Trinajstić information content (AvgIpc) is 1.06. The molecular formula is C81H142O17P2. The van der Waals surface area contributed by atoms with Crippen LogP contribution >= 0.6 is 15.6 Å². The van der Waals surface area contributed by atoms with Crippen molar-refractivity contribution in [1.29, 1.82) is 0 Å². The Bertz CT molecular complexity index is 2270. The predicted molar refractivity (Wildman–Crippen MR) is 409 cm³/mol. The minimum atomic E-state index is -4.99. The maximum absolute atomic E-state index is 13.1. The fraction of sp³-hybridized carbons (Fsp3) is 0.753. The van der Waals surface area contributed by atoms with Gasteiger partial charge in [0.15, 0.2) is 12.2 Å². The second-order valence-corrected chi connectivity index (χ2v) is 29.2. The van der Waals surface area contributed by atoms with E-state index in [1.54, 1.807) is 0 Å². The van der Waals surface area contributed by atoms with Gasteiger partial charge in [0.25, 0.3) is 0 Å². The Kier molecular flexibility index (Phi) is 70.4. The number of aliphatic hydroxyl groups is 1. The molecule has 19 heteroatoms. The van der Waals surface area contributed by atoms with Crippen LogP contribution in [0.5, 0.6) is 0 Å². The van der Waals surface area contributed by atoms with E-state index in [0.717, 1.165) is 141 Å². The molecule has 0 amide bonds. The molecule has 0 fully saturated rings. The number of carbonyl (C=O) groups is 4. The zero-order chi connectivity index (χ0) is 73.2. The van der Waals surface area contributed by atoms with Crippen molar-refractivity contribution in [2.75, 3.05) is 39.6 Å². The molecule has 17 nitrogen and oxygen atoms in total. The number of esters is 4. The van der Waals surface area contributed by atoms with E-state index >= 15 is 0 Å². The molecule has 0 heterocycles. The Morgan fingerprint density at radius 3 is 0.870 bits per heavy atom. The summed E-state index contributed by atoms with van der Waals surface area (Å²) in [5.41, 5.74) is 0. The van der Waals surface area contributed by atoms with Gasteiger partial charge < -0.3 is 33.8 Å². The van der Waals surface area contributed by atoms with Crippen molar-refractivity contribution >= 4 is 39.5 Å². The second-order valence-electron chi connectivity index (χ2n) is 26.3. The van der Waals surface area contributed by atoms with E-state index < -0.39 is 97.5 Å². The number of hydrogen-bond donors (Lipinski definition) is 3. The summed E-state index contributed by atoms with van der Waals surface area (Å²) in [5, 5.41) is 10.6. The van der Waals surface area contributed by atoms with Crippen molar-refractivity contribution in [3.8, 4) is 0 Å². The lowest BCUT2D eigenvalue weighted by Gasteiger charge is -2.21. The van der Waals surface area contributed by atoms with Crippen molar-refractivity contribution in [3.63, 3.8) is 0 Å². The summed E-state index contributed by atoms with van der Waals surface area (Å²) in [6.07, 6.45) is 76.8.